The van der Waals surface area contributed by atoms with Crippen molar-refractivity contribution in [1.29, 1.82) is 0 Å². The first-order valence-electron chi connectivity index (χ1n) is 6.46. The summed E-state index contributed by atoms with van der Waals surface area (Å²) in [5, 5.41) is 9.01. The molecule has 1 N–H and O–H groups in total. The predicted molar refractivity (Wildman–Crippen MR) is 74.4 cm³/mol. The molecule has 1 aliphatic rings. The molecule has 0 saturated heterocycles. The third-order valence-corrected chi connectivity index (χ3v) is 4.16. The van der Waals surface area contributed by atoms with Crippen LogP contribution in [0.1, 0.15) is 31.2 Å². The smallest absolute Gasteiger partial charge is 0.317 e. The molecular formula is C14H17BrFNO2. The zero-order chi connectivity index (χ0) is 13.8. The van der Waals surface area contributed by atoms with Crippen LogP contribution >= 0.6 is 15.9 Å². The minimum Gasteiger partial charge on any atom is -0.480 e. The number of hydrogen-bond acceptors (Lipinski definition) is 2. The zero-order valence-electron chi connectivity index (χ0n) is 10.6. The summed E-state index contributed by atoms with van der Waals surface area (Å²) in [5.41, 5.74) is 0.932. The van der Waals surface area contributed by atoms with Gasteiger partial charge < -0.3 is 5.11 Å². The maximum Gasteiger partial charge on any atom is 0.317 e. The molecule has 1 aromatic carbocycles. The van der Waals surface area contributed by atoms with Crippen LogP contribution in [0.4, 0.5) is 4.39 Å². The summed E-state index contributed by atoms with van der Waals surface area (Å²) in [6.45, 7) is 0.593. The highest BCUT2D eigenvalue weighted by Crippen LogP contribution is 2.25. The minimum atomic E-state index is -0.812. The predicted octanol–water partition coefficient (Wildman–Crippen LogP) is 3.42. The van der Waals surface area contributed by atoms with E-state index in [1.165, 1.54) is 6.07 Å². The lowest BCUT2D eigenvalue weighted by molar-refractivity contribution is -0.139. The Kier molecular flexibility index (Phi) is 4.93. The molecule has 0 spiro atoms. The van der Waals surface area contributed by atoms with Gasteiger partial charge in [0.1, 0.15) is 5.82 Å². The van der Waals surface area contributed by atoms with Crippen LogP contribution in [0.5, 0.6) is 0 Å². The Balaban J connectivity index is 2.09. The van der Waals surface area contributed by atoms with E-state index in [0.717, 1.165) is 31.2 Å². The average molecular weight is 330 g/mol. The molecule has 104 valence electrons. The average Bonchev–Trinajstić information content (AvgIpc) is 2.86. The Morgan fingerprint density at radius 1 is 1.42 bits per heavy atom. The standard InChI is InChI=1S/C14H17BrFNO2/c15-12-7-10(5-6-13(12)16)8-17(9-14(18)19)11-3-1-2-4-11/h5-7,11H,1-4,8-9H2,(H,18,19). The fourth-order valence-electron chi connectivity index (χ4n) is 2.63. The summed E-state index contributed by atoms with van der Waals surface area (Å²) < 4.78 is 13.6. The molecule has 0 atom stereocenters. The number of nitrogens with zero attached hydrogens (tertiary/aromatic N) is 1. The van der Waals surface area contributed by atoms with Gasteiger partial charge in [-0.1, -0.05) is 18.9 Å². The molecule has 3 nitrogen and oxygen atoms in total. The number of aliphatic carboxylic acids is 1. The Morgan fingerprint density at radius 2 is 2.11 bits per heavy atom. The van der Waals surface area contributed by atoms with Gasteiger partial charge in [0.05, 0.1) is 11.0 Å². The monoisotopic (exact) mass is 329 g/mol. The topological polar surface area (TPSA) is 40.5 Å². The number of carbonyl (C=O) groups is 1. The van der Waals surface area contributed by atoms with Gasteiger partial charge in [-0.05, 0) is 46.5 Å². The van der Waals surface area contributed by atoms with Crippen LogP contribution in [0.2, 0.25) is 0 Å². The molecular weight excluding hydrogens is 313 g/mol. The minimum absolute atomic E-state index is 0.0413. The SMILES string of the molecule is O=C(O)CN(Cc1ccc(F)c(Br)c1)C1CCCC1. The van der Waals surface area contributed by atoms with Gasteiger partial charge in [0.15, 0.2) is 0 Å². The molecule has 1 fully saturated rings. The van der Waals surface area contributed by atoms with Gasteiger partial charge in [-0.25, -0.2) is 4.39 Å². The molecule has 0 aliphatic heterocycles. The van der Waals surface area contributed by atoms with Crippen molar-refractivity contribution >= 4 is 21.9 Å². The molecule has 5 heteroatoms. The van der Waals surface area contributed by atoms with Crippen molar-refractivity contribution in [3.63, 3.8) is 0 Å². The highest BCUT2D eigenvalue weighted by Gasteiger charge is 2.24. The van der Waals surface area contributed by atoms with E-state index in [1.807, 2.05) is 4.90 Å². The van der Waals surface area contributed by atoms with Gasteiger partial charge in [0.2, 0.25) is 0 Å². The number of carboxylic acids is 1. The highest BCUT2D eigenvalue weighted by molar-refractivity contribution is 9.10. The highest BCUT2D eigenvalue weighted by atomic mass is 79.9. The normalized spacial score (nSPS) is 16.2. The van der Waals surface area contributed by atoms with Crippen LogP contribution in [0.3, 0.4) is 0 Å². The van der Waals surface area contributed by atoms with Crippen LogP contribution in [-0.2, 0) is 11.3 Å². The molecule has 0 radical (unpaired) electrons. The van der Waals surface area contributed by atoms with Gasteiger partial charge in [0.25, 0.3) is 0 Å². The molecule has 0 amide bonds. The van der Waals surface area contributed by atoms with E-state index in [2.05, 4.69) is 15.9 Å². The number of halogens is 2. The maximum atomic E-state index is 13.2. The Hall–Kier alpha value is -0.940. The van der Waals surface area contributed by atoms with Crippen molar-refractivity contribution in [2.75, 3.05) is 6.54 Å². The van der Waals surface area contributed by atoms with E-state index in [9.17, 15) is 9.18 Å². The van der Waals surface area contributed by atoms with Crippen LogP contribution < -0.4 is 0 Å². The third kappa shape index (κ3) is 4.01. The first-order valence-corrected chi connectivity index (χ1v) is 7.25. The number of benzene rings is 1. The molecule has 19 heavy (non-hydrogen) atoms. The largest absolute Gasteiger partial charge is 0.480 e. The molecule has 1 aromatic rings. The molecule has 0 unspecified atom stereocenters. The molecule has 1 saturated carbocycles. The van der Waals surface area contributed by atoms with Crippen molar-refractivity contribution in [1.82, 2.24) is 4.90 Å². The second-order valence-electron chi connectivity index (χ2n) is 4.99. The summed E-state index contributed by atoms with van der Waals surface area (Å²) in [7, 11) is 0. The molecule has 0 aromatic heterocycles. The zero-order valence-corrected chi connectivity index (χ0v) is 12.2. The van der Waals surface area contributed by atoms with Crippen LogP contribution in [-0.4, -0.2) is 28.6 Å². The fourth-order valence-corrected chi connectivity index (χ4v) is 3.06. The van der Waals surface area contributed by atoms with Gasteiger partial charge in [-0.3, -0.25) is 9.69 Å². The molecule has 2 rings (SSSR count). The first kappa shape index (κ1) is 14.5. The molecule has 0 bridgehead atoms. The Bertz CT molecular complexity index is 461. The van der Waals surface area contributed by atoms with Crippen LogP contribution in [0, 0.1) is 5.82 Å². The van der Waals surface area contributed by atoms with Crippen molar-refractivity contribution in [2.45, 2.75) is 38.3 Å². The van der Waals surface area contributed by atoms with E-state index in [0.29, 0.717) is 17.1 Å². The lowest BCUT2D eigenvalue weighted by Crippen LogP contribution is -2.37. The number of rotatable bonds is 5. The van der Waals surface area contributed by atoms with Crippen molar-refractivity contribution < 1.29 is 14.3 Å². The van der Waals surface area contributed by atoms with Crippen molar-refractivity contribution in [2.24, 2.45) is 0 Å². The van der Waals surface area contributed by atoms with Gasteiger partial charge in [-0.15, -0.1) is 0 Å². The Morgan fingerprint density at radius 3 is 2.68 bits per heavy atom. The molecule has 1 aliphatic carbocycles. The van der Waals surface area contributed by atoms with Crippen LogP contribution in [0.25, 0.3) is 0 Å². The van der Waals surface area contributed by atoms with Gasteiger partial charge in [0, 0.05) is 12.6 Å². The summed E-state index contributed by atoms with van der Waals surface area (Å²) in [5.74, 6) is -1.11. The van der Waals surface area contributed by atoms with E-state index in [-0.39, 0.29) is 12.4 Å². The second kappa shape index (κ2) is 6.48. The van der Waals surface area contributed by atoms with E-state index < -0.39 is 5.97 Å². The maximum absolute atomic E-state index is 13.2. The molecule has 0 heterocycles. The van der Waals surface area contributed by atoms with E-state index in [1.54, 1.807) is 12.1 Å². The summed E-state index contributed by atoms with van der Waals surface area (Å²) in [6.07, 6.45) is 4.42. The van der Waals surface area contributed by atoms with Crippen molar-refractivity contribution in [3.8, 4) is 0 Å². The summed E-state index contributed by atoms with van der Waals surface area (Å²) in [6, 6.07) is 5.18. The number of hydrogen-bond donors (Lipinski definition) is 1. The van der Waals surface area contributed by atoms with E-state index in [4.69, 9.17) is 5.11 Å². The summed E-state index contributed by atoms with van der Waals surface area (Å²) >= 11 is 3.16. The quantitative estimate of drug-likeness (QED) is 0.899. The van der Waals surface area contributed by atoms with Crippen LogP contribution in [0.15, 0.2) is 22.7 Å². The lowest BCUT2D eigenvalue weighted by atomic mass is 10.1. The van der Waals surface area contributed by atoms with Gasteiger partial charge in [-0.2, -0.15) is 0 Å². The van der Waals surface area contributed by atoms with Crippen molar-refractivity contribution in [3.05, 3.63) is 34.1 Å². The number of carboxylic acid groups (broad SMARTS) is 1. The lowest BCUT2D eigenvalue weighted by Gasteiger charge is -2.27. The third-order valence-electron chi connectivity index (χ3n) is 3.55. The Labute approximate surface area is 120 Å². The first-order chi connectivity index (χ1) is 9.06. The van der Waals surface area contributed by atoms with Gasteiger partial charge >= 0.3 is 5.97 Å². The second-order valence-corrected chi connectivity index (χ2v) is 5.84. The summed E-state index contributed by atoms with van der Waals surface area (Å²) in [4.78, 5) is 12.9. The fraction of sp³-hybridized carbons (Fsp3) is 0.500. The van der Waals surface area contributed by atoms with E-state index >= 15 is 0 Å².